The van der Waals surface area contributed by atoms with Gasteiger partial charge in [0.1, 0.15) is 5.82 Å². The van der Waals surface area contributed by atoms with E-state index in [2.05, 4.69) is 43.8 Å². The fourth-order valence-corrected chi connectivity index (χ4v) is 2.54. The zero-order valence-electron chi connectivity index (χ0n) is 9.79. The highest BCUT2D eigenvalue weighted by Crippen LogP contribution is 2.15. The molecule has 0 saturated heterocycles. The number of amides is 1. The Bertz CT molecular complexity index is 618. The third-order valence-corrected chi connectivity index (χ3v) is 3.70. The fourth-order valence-electron chi connectivity index (χ4n) is 1.59. The number of benzene rings is 2. The number of halogens is 3. The van der Waals surface area contributed by atoms with Crippen LogP contribution in [0.1, 0.15) is 15.9 Å². The van der Waals surface area contributed by atoms with Crippen LogP contribution in [0.15, 0.2) is 46.9 Å². The van der Waals surface area contributed by atoms with Crippen LogP contribution in [0.25, 0.3) is 0 Å². The van der Waals surface area contributed by atoms with E-state index in [1.807, 2.05) is 12.1 Å². The highest BCUT2D eigenvalue weighted by Gasteiger charge is 2.08. The molecule has 0 aromatic heterocycles. The summed E-state index contributed by atoms with van der Waals surface area (Å²) in [6.07, 6.45) is 0. The molecule has 2 rings (SSSR count). The maximum absolute atomic E-state index is 13.5. The van der Waals surface area contributed by atoms with E-state index < -0.39 is 0 Å². The maximum atomic E-state index is 13.5. The summed E-state index contributed by atoms with van der Waals surface area (Å²) >= 11 is 5.42. The number of nitrogens with one attached hydrogen (secondary N) is 1. The van der Waals surface area contributed by atoms with E-state index in [-0.39, 0.29) is 18.3 Å². The SMILES string of the molecule is O=C(NCc1cc(Br)ccc1F)c1cccc(I)c1. The van der Waals surface area contributed by atoms with Gasteiger partial charge in [-0.2, -0.15) is 0 Å². The van der Waals surface area contributed by atoms with Crippen LogP contribution in [0.4, 0.5) is 4.39 Å². The lowest BCUT2D eigenvalue weighted by Crippen LogP contribution is -2.23. The van der Waals surface area contributed by atoms with Gasteiger partial charge >= 0.3 is 0 Å². The Kier molecular flexibility index (Phi) is 4.93. The molecule has 0 aliphatic heterocycles. The van der Waals surface area contributed by atoms with E-state index in [4.69, 9.17) is 0 Å². The number of rotatable bonds is 3. The quantitative estimate of drug-likeness (QED) is 0.724. The second kappa shape index (κ2) is 6.47. The first kappa shape index (κ1) is 14.5. The van der Waals surface area contributed by atoms with Gasteiger partial charge in [-0.05, 0) is 59.0 Å². The number of carbonyl (C=O) groups excluding carboxylic acids is 1. The van der Waals surface area contributed by atoms with Crippen molar-refractivity contribution in [2.75, 3.05) is 0 Å². The van der Waals surface area contributed by atoms with Crippen LogP contribution in [-0.2, 0) is 6.54 Å². The van der Waals surface area contributed by atoms with E-state index in [0.717, 1.165) is 8.04 Å². The summed E-state index contributed by atoms with van der Waals surface area (Å²) in [5.74, 6) is -0.538. The molecule has 0 heterocycles. The van der Waals surface area contributed by atoms with Gasteiger partial charge < -0.3 is 5.32 Å². The van der Waals surface area contributed by atoms with Crippen molar-refractivity contribution in [3.05, 3.63) is 67.5 Å². The molecule has 2 aromatic rings. The third kappa shape index (κ3) is 4.01. The zero-order valence-corrected chi connectivity index (χ0v) is 13.5. The summed E-state index contributed by atoms with van der Waals surface area (Å²) in [7, 11) is 0. The average Bonchev–Trinajstić information content (AvgIpc) is 2.39. The highest BCUT2D eigenvalue weighted by molar-refractivity contribution is 14.1. The third-order valence-electron chi connectivity index (χ3n) is 2.53. The molecule has 0 unspecified atom stereocenters. The van der Waals surface area contributed by atoms with Gasteiger partial charge in [0.15, 0.2) is 0 Å². The monoisotopic (exact) mass is 433 g/mol. The number of carbonyl (C=O) groups is 1. The van der Waals surface area contributed by atoms with Gasteiger partial charge in [-0.1, -0.05) is 22.0 Å². The van der Waals surface area contributed by atoms with Gasteiger partial charge in [-0.3, -0.25) is 4.79 Å². The normalized spacial score (nSPS) is 10.3. The molecule has 0 bridgehead atoms. The van der Waals surface area contributed by atoms with Crippen molar-refractivity contribution in [1.29, 1.82) is 0 Å². The summed E-state index contributed by atoms with van der Waals surface area (Å²) in [5, 5.41) is 2.71. The molecule has 1 N–H and O–H groups in total. The summed E-state index contributed by atoms with van der Waals surface area (Å²) in [4.78, 5) is 11.9. The minimum atomic E-state index is -0.328. The lowest BCUT2D eigenvalue weighted by atomic mass is 10.2. The fraction of sp³-hybridized carbons (Fsp3) is 0.0714. The van der Waals surface area contributed by atoms with Crippen LogP contribution >= 0.6 is 38.5 Å². The van der Waals surface area contributed by atoms with Gasteiger partial charge in [0.25, 0.3) is 5.91 Å². The smallest absolute Gasteiger partial charge is 0.251 e. The Balaban J connectivity index is 2.06. The predicted octanol–water partition coefficient (Wildman–Crippen LogP) is 4.12. The van der Waals surface area contributed by atoms with Crippen LogP contribution in [0.2, 0.25) is 0 Å². The second-order valence-corrected chi connectivity index (χ2v) is 6.09. The lowest BCUT2D eigenvalue weighted by molar-refractivity contribution is 0.0950. The van der Waals surface area contributed by atoms with Crippen LogP contribution in [0.5, 0.6) is 0 Å². The average molecular weight is 434 g/mol. The van der Waals surface area contributed by atoms with Gasteiger partial charge in [0.2, 0.25) is 0 Å². The molecule has 19 heavy (non-hydrogen) atoms. The van der Waals surface area contributed by atoms with Gasteiger partial charge in [-0.25, -0.2) is 4.39 Å². The second-order valence-electron chi connectivity index (χ2n) is 3.93. The number of hydrogen-bond acceptors (Lipinski definition) is 1. The molecule has 1 amide bonds. The lowest BCUT2D eigenvalue weighted by Gasteiger charge is -2.07. The Morgan fingerprint density at radius 2 is 2.05 bits per heavy atom. The molecule has 2 nitrogen and oxygen atoms in total. The molecular formula is C14H10BrFINO. The summed E-state index contributed by atoms with van der Waals surface area (Å²) < 4.78 is 15.3. The maximum Gasteiger partial charge on any atom is 0.251 e. The van der Waals surface area contributed by atoms with Gasteiger partial charge in [0, 0.05) is 25.7 Å². The molecule has 0 aliphatic rings. The van der Waals surface area contributed by atoms with Crippen LogP contribution in [-0.4, -0.2) is 5.91 Å². The van der Waals surface area contributed by atoms with Gasteiger partial charge in [-0.15, -0.1) is 0 Å². The van der Waals surface area contributed by atoms with E-state index >= 15 is 0 Å². The van der Waals surface area contributed by atoms with Gasteiger partial charge in [0.05, 0.1) is 0 Å². The molecule has 0 aliphatic carbocycles. The minimum Gasteiger partial charge on any atom is -0.348 e. The van der Waals surface area contributed by atoms with Crippen molar-refractivity contribution < 1.29 is 9.18 Å². The molecule has 0 fully saturated rings. The predicted molar refractivity (Wildman–Crippen MR) is 84.4 cm³/mol. The Morgan fingerprint density at radius 1 is 1.26 bits per heavy atom. The van der Waals surface area contributed by atoms with Crippen molar-refractivity contribution >= 4 is 44.4 Å². The van der Waals surface area contributed by atoms with Crippen LogP contribution in [0.3, 0.4) is 0 Å². The molecule has 0 atom stereocenters. The van der Waals surface area contributed by atoms with Crippen molar-refractivity contribution in [3.8, 4) is 0 Å². The topological polar surface area (TPSA) is 29.1 Å². The van der Waals surface area contributed by atoms with Crippen molar-refractivity contribution in [2.45, 2.75) is 6.54 Å². The Morgan fingerprint density at radius 3 is 2.79 bits per heavy atom. The minimum absolute atomic E-state index is 0.162. The van der Waals surface area contributed by atoms with E-state index in [9.17, 15) is 9.18 Å². The molecule has 2 aromatic carbocycles. The number of hydrogen-bond donors (Lipinski definition) is 1. The first-order chi connectivity index (χ1) is 9.06. The molecule has 98 valence electrons. The first-order valence-electron chi connectivity index (χ1n) is 5.54. The largest absolute Gasteiger partial charge is 0.348 e. The van der Waals surface area contributed by atoms with Crippen LogP contribution in [0, 0.1) is 9.39 Å². The van der Waals surface area contributed by atoms with E-state index in [1.165, 1.54) is 6.07 Å². The first-order valence-corrected chi connectivity index (χ1v) is 7.41. The molecule has 0 radical (unpaired) electrons. The molecule has 5 heteroatoms. The molecular weight excluding hydrogens is 424 g/mol. The summed E-state index contributed by atoms with van der Waals surface area (Å²) in [6, 6.07) is 11.9. The highest BCUT2D eigenvalue weighted by atomic mass is 127. The zero-order chi connectivity index (χ0) is 13.8. The van der Waals surface area contributed by atoms with Crippen LogP contribution < -0.4 is 5.32 Å². The summed E-state index contributed by atoms with van der Waals surface area (Å²) in [6.45, 7) is 0.162. The molecule has 0 saturated carbocycles. The standard InChI is InChI=1S/C14H10BrFINO/c15-11-4-5-13(16)10(6-11)8-18-14(19)9-2-1-3-12(17)7-9/h1-7H,8H2,(H,18,19). The van der Waals surface area contributed by atoms with Crippen molar-refractivity contribution in [3.63, 3.8) is 0 Å². The van der Waals surface area contributed by atoms with Crippen molar-refractivity contribution in [1.82, 2.24) is 5.32 Å². The summed E-state index contributed by atoms with van der Waals surface area (Å²) in [5.41, 5.74) is 1.02. The van der Waals surface area contributed by atoms with E-state index in [0.29, 0.717) is 11.1 Å². The van der Waals surface area contributed by atoms with E-state index in [1.54, 1.807) is 24.3 Å². The Hall–Kier alpha value is -0.950. The Labute approximate surface area is 132 Å². The molecule has 0 spiro atoms. The van der Waals surface area contributed by atoms with Crippen molar-refractivity contribution in [2.24, 2.45) is 0 Å².